The molecule has 0 aromatic rings. The lowest BCUT2D eigenvalue weighted by molar-refractivity contribution is -0.117. The molecule has 0 radical (unpaired) electrons. The number of Topliss-reactive ketones (excluding diaryl/α,β-unsaturated/α-hetero) is 1. The van der Waals surface area contributed by atoms with Crippen LogP contribution in [0.2, 0.25) is 0 Å². The third-order valence-electron chi connectivity index (χ3n) is 2.86. The number of ether oxygens (including phenoxy) is 1. The standard InChI is InChI=1S/C11H19NO3/c1-9(13)8-10-4-3-6-12(7-5-10)11(14)15-2/h10H,3-8H2,1-2H3. The van der Waals surface area contributed by atoms with E-state index in [4.69, 9.17) is 0 Å². The number of rotatable bonds is 2. The molecule has 1 aliphatic rings. The zero-order chi connectivity index (χ0) is 11.3. The van der Waals surface area contributed by atoms with Gasteiger partial charge in [0, 0.05) is 19.5 Å². The lowest BCUT2D eigenvalue weighted by Crippen LogP contribution is -2.31. The van der Waals surface area contributed by atoms with Crippen molar-refractivity contribution >= 4 is 11.9 Å². The van der Waals surface area contributed by atoms with Crippen molar-refractivity contribution in [3.63, 3.8) is 0 Å². The number of methoxy groups -OCH3 is 1. The van der Waals surface area contributed by atoms with Gasteiger partial charge in [-0.25, -0.2) is 4.79 Å². The predicted octanol–water partition coefficient (Wildman–Crippen LogP) is 1.83. The molecule has 15 heavy (non-hydrogen) atoms. The second kappa shape index (κ2) is 5.73. The lowest BCUT2D eigenvalue weighted by Gasteiger charge is -2.18. The molecular formula is C11H19NO3. The molecule has 1 heterocycles. The number of carbonyl (C=O) groups excluding carboxylic acids is 2. The first-order valence-electron chi connectivity index (χ1n) is 5.45. The highest BCUT2D eigenvalue weighted by Crippen LogP contribution is 2.21. The maximum atomic E-state index is 11.3. The molecule has 86 valence electrons. The van der Waals surface area contributed by atoms with Gasteiger partial charge in [-0.2, -0.15) is 0 Å². The Balaban J connectivity index is 2.41. The molecular weight excluding hydrogens is 194 g/mol. The molecule has 1 aliphatic heterocycles. The summed E-state index contributed by atoms with van der Waals surface area (Å²) in [5, 5.41) is 0. The van der Waals surface area contributed by atoms with Crippen LogP contribution in [0.25, 0.3) is 0 Å². The van der Waals surface area contributed by atoms with E-state index in [1.807, 2.05) is 0 Å². The van der Waals surface area contributed by atoms with Crippen LogP contribution >= 0.6 is 0 Å². The van der Waals surface area contributed by atoms with Crippen LogP contribution in [0.5, 0.6) is 0 Å². The summed E-state index contributed by atoms with van der Waals surface area (Å²) in [6.45, 7) is 3.09. The number of hydrogen-bond acceptors (Lipinski definition) is 3. The van der Waals surface area contributed by atoms with Gasteiger partial charge in [-0.1, -0.05) is 0 Å². The van der Waals surface area contributed by atoms with Crippen LogP contribution in [0, 0.1) is 5.92 Å². The molecule has 0 aliphatic carbocycles. The third kappa shape index (κ3) is 3.90. The molecule has 1 saturated heterocycles. The second-order valence-corrected chi connectivity index (χ2v) is 4.16. The van der Waals surface area contributed by atoms with Crippen molar-refractivity contribution in [1.29, 1.82) is 0 Å². The normalized spacial score (nSPS) is 22.0. The first-order valence-corrected chi connectivity index (χ1v) is 5.45. The first-order chi connectivity index (χ1) is 7.13. The van der Waals surface area contributed by atoms with Gasteiger partial charge >= 0.3 is 6.09 Å². The SMILES string of the molecule is COC(=O)N1CCCC(CC(C)=O)CC1. The molecule has 4 heteroatoms. The molecule has 0 bridgehead atoms. The van der Waals surface area contributed by atoms with E-state index in [0.717, 1.165) is 25.8 Å². The van der Waals surface area contributed by atoms with E-state index < -0.39 is 0 Å². The third-order valence-corrected chi connectivity index (χ3v) is 2.86. The van der Waals surface area contributed by atoms with Crippen LogP contribution in [0.1, 0.15) is 32.6 Å². The molecule has 1 rings (SSSR count). The van der Waals surface area contributed by atoms with E-state index in [1.165, 1.54) is 7.11 Å². The molecule has 1 atom stereocenters. The highest BCUT2D eigenvalue weighted by Gasteiger charge is 2.21. The van der Waals surface area contributed by atoms with E-state index in [2.05, 4.69) is 4.74 Å². The summed E-state index contributed by atoms with van der Waals surface area (Å²) in [6, 6.07) is 0. The molecule has 1 amide bonds. The second-order valence-electron chi connectivity index (χ2n) is 4.16. The maximum Gasteiger partial charge on any atom is 0.409 e. The van der Waals surface area contributed by atoms with Crippen molar-refractivity contribution in [3.05, 3.63) is 0 Å². The lowest BCUT2D eigenvalue weighted by atomic mass is 9.95. The molecule has 4 nitrogen and oxygen atoms in total. The Kier molecular flexibility index (Phi) is 4.59. The Morgan fingerprint density at radius 1 is 1.33 bits per heavy atom. The van der Waals surface area contributed by atoms with Gasteiger partial charge in [-0.15, -0.1) is 0 Å². The molecule has 0 aromatic carbocycles. The summed E-state index contributed by atoms with van der Waals surface area (Å²) in [7, 11) is 1.40. The van der Waals surface area contributed by atoms with E-state index in [9.17, 15) is 9.59 Å². The van der Waals surface area contributed by atoms with Crippen LogP contribution in [0.3, 0.4) is 0 Å². The van der Waals surface area contributed by atoms with Crippen LogP contribution < -0.4 is 0 Å². The van der Waals surface area contributed by atoms with Crippen molar-refractivity contribution in [1.82, 2.24) is 4.90 Å². The topological polar surface area (TPSA) is 46.6 Å². The molecule has 1 fully saturated rings. The summed E-state index contributed by atoms with van der Waals surface area (Å²) in [5.41, 5.74) is 0. The predicted molar refractivity (Wildman–Crippen MR) is 56.6 cm³/mol. The number of likely N-dealkylation sites (tertiary alicyclic amines) is 1. The largest absolute Gasteiger partial charge is 0.453 e. The summed E-state index contributed by atoms with van der Waals surface area (Å²) < 4.78 is 4.68. The van der Waals surface area contributed by atoms with Gasteiger partial charge in [-0.3, -0.25) is 0 Å². The van der Waals surface area contributed by atoms with E-state index in [-0.39, 0.29) is 11.9 Å². The summed E-state index contributed by atoms with van der Waals surface area (Å²) in [5.74, 6) is 0.684. The van der Waals surface area contributed by atoms with E-state index >= 15 is 0 Å². The smallest absolute Gasteiger partial charge is 0.409 e. The minimum absolute atomic E-state index is 0.242. The van der Waals surface area contributed by atoms with Crippen molar-refractivity contribution in [2.45, 2.75) is 32.6 Å². The molecule has 0 aromatic heterocycles. The summed E-state index contributed by atoms with van der Waals surface area (Å²) >= 11 is 0. The number of ketones is 1. The first kappa shape index (κ1) is 12.0. The van der Waals surface area contributed by atoms with Crippen LogP contribution in [0.15, 0.2) is 0 Å². The van der Waals surface area contributed by atoms with Crippen molar-refractivity contribution in [2.24, 2.45) is 5.92 Å². The Morgan fingerprint density at radius 3 is 2.67 bits per heavy atom. The molecule has 0 N–H and O–H groups in total. The van der Waals surface area contributed by atoms with Gasteiger partial charge in [0.1, 0.15) is 5.78 Å². The van der Waals surface area contributed by atoms with Gasteiger partial charge in [0.15, 0.2) is 0 Å². The molecule has 0 saturated carbocycles. The van der Waals surface area contributed by atoms with Crippen molar-refractivity contribution in [3.8, 4) is 0 Å². The van der Waals surface area contributed by atoms with Crippen molar-refractivity contribution in [2.75, 3.05) is 20.2 Å². The average Bonchev–Trinajstić information content (AvgIpc) is 2.41. The Bertz CT molecular complexity index is 240. The van der Waals surface area contributed by atoms with Gasteiger partial charge in [-0.05, 0) is 32.1 Å². The Hall–Kier alpha value is -1.06. The number of hydrogen-bond donors (Lipinski definition) is 0. The minimum atomic E-state index is -0.251. The fourth-order valence-electron chi connectivity index (χ4n) is 2.09. The number of carbonyl (C=O) groups is 2. The van der Waals surface area contributed by atoms with E-state index in [0.29, 0.717) is 18.9 Å². The minimum Gasteiger partial charge on any atom is -0.453 e. The number of amides is 1. The molecule has 0 spiro atoms. The van der Waals surface area contributed by atoms with Gasteiger partial charge < -0.3 is 14.4 Å². The van der Waals surface area contributed by atoms with Crippen LogP contribution in [-0.4, -0.2) is 37.0 Å². The Morgan fingerprint density at radius 2 is 2.07 bits per heavy atom. The highest BCUT2D eigenvalue weighted by atomic mass is 16.5. The molecule has 1 unspecified atom stereocenters. The quantitative estimate of drug-likeness (QED) is 0.703. The monoisotopic (exact) mass is 213 g/mol. The van der Waals surface area contributed by atoms with Gasteiger partial charge in [0.05, 0.1) is 7.11 Å². The highest BCUT2D eigenvalue weighted by molar-refractivity contribution is 5.75. The zero-order valence-electron chi connectivity index (χ0n) is 9.49. The van der Waals surface area contributed by atoms with Crippen LogP contribution in [0.4, 0.5) is 4.79 Å². The summed E-state index contributed by atoms with van der Waals surface area (Å²) in [4.78, 5) is 24.0. The Labute approximate surface area is 90.6 Å². The average molecular weight is 213 g/mol. The van der Waals surface area contributed by atoms with Crippen LogP contribution in [-0.2, 0) is 9.53 Å². The summed E-state index contributed by atoms with van der Waals surface area (Å²) in [6.07, 6.45) is 3.31. The van der Waals surface area contributed by atoms with Gasteiger partial charge in [0.2, 0.25) is 0 Å². The fourth-order valence-corrected chi connectivity index (χ4v) is 2.09. The maximum absolute atomic E-state index is 11.3. The number of nitrogens with zero attached hydrogens (tertiary/aromatic N) is 1. The zero-order valence-corrected chi connectivity index (χ0v) is 9.49. The van der Waals surface area contributed by atoms with Crippen molar-refractivity contribution < 1.29 is 14.3 Å². The van der Waals surface area contributed by atoms with Gasteiger partial charge in [0.25, 0.3) is 0 Å². The fraction of sp³-hybridized carbons (Fsp3) is 0.818. The van der Waals surface area contributed by atoms with E-state index in [1.54, 1.807) is 11.8 Å².